The summed E-state index contributed by atoms with van der Waals surface area (Å²) in [6.07, 6.45) is 2.46. The molecule has 1 aromatic carbocycles. The van der Waals surface area contributed by atoms with E-state index in [0.29, 0.717) is 12.1 Å². The number of aliphatic imine (C=N–C) groups is 1. The van der Waals surface area contributed by atoms with Crippen LogP contribution in [0.3, 0.4) is 0 Å². The van der Waals surface area contributed by atoms with E-state index in [-0.39, 0.29) is 5.82 Å². The average molecular weight is 231 g/mol. The maximum absolute atomic E-state index is 13.5. The minimum absolute atomic E-state index is 0.189. The van der Waals surface area contributed by atoms with E-state index >= 15 is 0 Å². The summed E-state index contributed by atoms with van der Waals surface area (Å²) < 4.78 is 13.5. The van der Waals surface area contributed by atoms with Gasteiger partial charge in [0.05, 0.1) is 6.54 Å². The topological polar surface area (TPSA) is 12.4 Å². The van der Waals surface area contributed by atoms with E-state index < -0.39 is 0 Å². The second-order valence-electron chi connectivity index (χ2n) is 3.94. The van der Waals surface area contributed by atoms with Crippen molar-refractivity contribution in [3.05, 3.63) is 60.0 Å². The van der Waals surface area contributed by atoms with Gasteiger partial charge in [-0.2, -0.15) is 0 Å². The number of benzene rings is 1. The molecule has 17 heavy (non-hydrogen) atoms. The van der Waals surface area contributed by atoms with Crippen LogP contribution >= 0.6 is 0 Å². The van der Waals surface area contributed by atoms with Gasteiger partial charge in [0.25, 0.3) is 0 Å². The van der Waals surface area contributed by atoms with Crippen molar-refractivity contribution < 1.29 is 4.39 Å². The van der Waals surface area contributed by atoms with Crippen LogP contribution in [-0.4, -0.2) is 12.3 Å². The SMILES string of the molecule is C=CC(=C)CN=C(CC)c1ccc(C)c(F)c1. The molecule has 0 spiro atoms. The molecule has 0 unspecified atom stereocenters. The van der Waals surface area contributed by atoms with Crippen LogP contribution in [0.4, 0.5) is 4.39 Å². The standard InChI is InChI=1S/C15H18FN/c1-5-11(3)10-17-15(6-2)13-8-7-12(4)14(16)9-13/h5,7-9H,1,3,6,10H2,2,4H3. The predicted octanol–water partition coefficient (Wildman–Crippen LogP) is 4.08. The quantitative estimate of drug-likeness (QED) is 0.535. The van der Waals surface area contributed by atoms with E-state index in [1.54, 1.807) is 19.1 Å². The van der Waals surface area contributed by atoms with Crippen molar-refractivity contribution in [1.82, 2.24) is 0 Å². The Hall–Kier alpha value is -1.70. The Kier molecular flexibility index (Phi) is 4.83. The van der Waals surface area contributed by atoms with Gasteiger partial charge in [0.2, 0.25) is 0 Å². The summed E-state index contributed by atoms with van der Waals surface area (Å²) in [5.41, 5.74) is 3.25. The molecular weight excluding hydrogens is 213 g/mol. The van der Waals surface area contributed by atoms with Gasteiger partial charge in [-0.05, 0) is 36.1 Å². The van der Waals surface area contributed by atoms with Gasteiger partial charge in [0.1, 0.15) is 5.82 Å². The first-order chi connectivity index (χ1) is 8.08. The first-order valence-electron chi connectivity index (χ1n) is 5.68. The van der Waals surface area contributed by atoms with Gasteiger partial charge in [-0.1, -0.05) is 38.3 Å². The van der Waals surface area contributed by atoms with Crippen LogP contribution in [0, 0.1) is 12.7 Å². The molecular formula is C15H18FN. The minimum atomic E-state index is -0.189. The Labute approximate surface area is 102 Å². The molecule has 0 radical (unpaired) electrons. The van der Waals surface area contributed by atoms with Crippen molar-refractivity contribution in [3.63, 3.8) is 0 Å². The van der Waals surface area contributed by atoms with Crippen molar-refractivity contribution in [2.24, 2.45) is 4.99 Å². The molecule has 1 rings (SSSR count). The zero-order valence-corrected chi connectivity index (χ0v) is 10.5. The Balaban J connectivity index is 2.96. The highest BCUT2D eigenvalue weighted by molar-refractivity contribution is 6.00. The van der Waals surface area contributed by atoms with Crippen LogP contribution in [0.15, 0.2) is 48.0 Å². The molecule has 0 saturated carbocycles. The Morgan fingerprint density at radius 2 is 2.18 bits per heavy atom. The number of aryl methyl sites for hydroxylation is 1. The van der Waals surface area contributed by atoms with Crippen molar-refractivity contribution in [3.8, 4) is 0 Å². The number of halogens is 1. The first kappa shape index (κ1) is 13.4. The highest BCUT2D eigenvalue weighted by atomic mass is 19.1. The third-order valence-corrected chi connectivity index (χ3v) is 2.60. The third kappa shape index (κ3) is 3.66. The lowest BCUT2D eigenvalue weighted by Gasteiger charge is -2.06. The predicted molar refractivity (Wildman–Crippen MR) is 72.2 cm³/mol. The van der Waals surface area contributed by atoms with Gasteiger partial charge in [0.15, 0.2) is 0 Å². The zero-order valence-electron chi connectivity index (χ0n) is 10.5. The first-order valence-corrected chi connectivity index (χ1v) is 5.68. The van der Waals surface area contributed by atoms with Gasteiger partial charge < -0.3 is 0 Å². The Morgan fingerprint density at radius 1 is 1.47 bits per heavy atom. The molecule has 0 aliphatic carbocycles. The lowest BCUT2D eigenvalue weighted by Crippen LogP contribution is -2.02. The van der Waals surface area contributed by atoms with E-state index in [9.17, 15) is 4.39 Å². The van der Waals surface area contributed by atoms with Gasteiger partial charge >= 0.3 is 0 Å². The maximum Gasteiger partial charge on any atom is 0.126 e. The van der Waals surface area contributed by atoms with E-state index in [1.807, 2.05) is 13.0 Å². The van der Waals surface area contributed by atoms with E-state index in [2.05, 4.69) is 18.2 Å². The molecule has 0 aliphatic rings. The maximum atomic E-state index is 13.5. The van der Waals surface area contributed by atoms with E-state index in [1.165, 1.54) is 6.07 Å². The van der Waals surface area contributed by atoms with Crippen molar-refractivity contribution in [2.75, 3.05) is 6.54 Å². The summed E-state index contributed by atoms with van der Waals surface area (Å²) >= 11 is 0. The second kappa shape index (κ2) is 6.14. The summed E-state index contributed by atoms with van der Waals surface area (Å²) in [6, 6.07) is 5.21. The summed E-state index contributed by atoms with van der Waals surface area (Å²) in [5.74, 6) is -0.189. The molecule has 1 aromatic rings. The smallest absolute Gasteiger partial charge is 0.126 e. The van der Waals surface area contributed by atoms with E-state index in [4.69, 9.17) is 0 Å². The summed E-state index contributed by atoms with van der Waals surface area (Å²) in [6.45, 7) is 11.7. The number of hydrogen-bond donors (Lipinski definition) is 0. The number of nitrogens with zero attached hydrogens (tertiary/aromatic N) is 1. The van der Waals surface area contributed by atoms with Crippen LogP contribution in [-0.2, 0) is 0 Å². The summed E-state index contributed by atoms with van der Waals surface area (Å²) in [5, 5.41) is 0. The fourth-order valence-electron chi connectivity index (χ4n) is 1.44. The lowest BCUT2D eigenvalue weighted by molar-refractivity contribution is 0.618. The molecule has 90 valence electrons. The Bertz CT molecular complexity index is 458. The van der Waals surface area contributed by atoms with Crippen molar-refractivity contribution in [2.45, 2.75) is 20.3 Å². The summed E-state index contributed by atoms with van der Waals surface area (Å²) in [4.78, 5) is 4.43. The largest absolute Gasteiger partial charge is 0.284 e. The van der Waals surface area contributed by atoms with Gasteiger partial charge in [-0.15, -0.1) is 0 Å². The fraction of sp³-hybridized carbons (Fsp3) is 0.267. The molecule has 0 atom stereocenters. The van der Waals surface area contributed by atoms with Gasteiger partial charge in [-0.3, -0.25) is 4.99 Å². The number of hydrogen-bond acceptors (Lipinski definition) is 1. The van der Waals surface area contributed by atoms with Crippen LogP contribution < -0.4 is 0 Å². The number of rotatable bonds is 5. The van der Waals surface area contributed by atoms with Gasteiger partial charge in [-0.25, -0.2) is 4.39 Å². The highest BCUT2D eigenvalue weighted by Gasteiger charge is 2.04. The molecule has 0 fully saturated rings. The van der Waals surface area contributed by atoms with Crippen LogP contribution in [0.2, 0.25) is 0 Å². The van der Waals surface area contributed by atoms with Gasteiger partial charge in [0, 0.05) is 5.71 Å². The van der Waals surface area contributed by atoms with Crippen LogP contribution in [0.5, 0.6) is 0 Å². The summed E-state index contributed by atoms with van der Waals surface area (Å²) in [7, 11) is 0. The normalized spacial score (nSPS) is 11.4. The molecule has 0 bridgehead atoms. The van der Waals surface area contributed by atoms with Crippen LogP contribution in [0.25, 0.3) is 0 Å². The second-order valence-corrected chi connectivity index (χ2v) is 3.94. The third-order valence-electron chi connectivity index (χ3n) is 2.60. The highest BCUT2D eigenvalue weighted by Crippen LogP contribution is 2.12. The van der Waals surface area contributed by atoms with Crippen molar-refractivity contribution >= 4 is 5.71 Å². The molecule has 0 aliphatic heterocycles. The lowest BCUT2D eigenvalue weighted by atomic mass is 10.1. The molecule has 0 aromatic heterocycles. The fourth-order valence-corrected chi connectivity index (χ4v) is 1.44. The molecule has 0 N–H and O–H groups in total. The van der Waals surface area contributed by atoms with Crippen LogP contribution in [0.1, 0.15) is 24.5 Å². The molecule has 0 amide bonds. The molecule has 0 saturated heterocycles. The average Bonchev–Trinajstić information content (AvgIpc) is 2.33. The molecule has 2 heteroatoms. The monoisotopic (exact) mass is 231 g/mol. The van der Waals surface area contributed by atoms with Crippen molar-refractivity contribution in [1.29, 1.82) is 0 Å². The zero-order chi connectivity index (χ0) is 12.8. The van der Waals surface area contributed by atoms with E-state index in [0.717, 1.165) is 23.3 Å². The molecule has 1 nitrogen and oxygen atoms in total. The molecule has 0 heterocycles. The minimum Gasteiger partial charge on any atom is -0.284 e. The Morgan fingerprint density at radius 3 is 2.71 bits per heavy atom.